The van der Waals surface area contributed by atoms with E-state index in [2.05, 4.69) is 20.2 Å². The van der Waals surface area contributed by atoms with Crippen LogP contribution in [0.25, 0.3) is 0 Å². The number of piperidine rings is 1. The fourth-order valence-electron chi connectivity index (χ4n) is 3.50. The van der Waals surface area contributed by atoms with E-state index < -0.39 is 5.79 Å². The molecular weight excluding hydrogens is 360 g/mol. The minimum Gasteiger partial charge on any atom is -0.492 e. The molecule has 8 nitrogen and oxygen atoms in total. The molecule has 1 N–H and O–H groups in total. The summed E-state index contributed by atoms with van der Waals surface area (Å²) >= 11 is 0. The molecule has 2 aliphatic rings. The van der Waals surface area contributed by atoms with Gasteiger partial charge in [-0.05, 0) is 19.1 Å². The largest absolute Gasteiger partial charge is 0.492 e. The zero-order chi connectivity index (χ0) is 19.4. The second-order valence-electron chi connectivity index (χ2n) is 6.74. The molecule has 2 aromatic rings. The molecule has 4 rings (SSSR count). The molecule has 0 aliphatic carbocycles. The molecule has 28 heavy (non-hydrogen) atoms. The highest BCUT2D eigenvalue weighted by molar-refractivity contribution is 6.03. The summed E-state index contributed by atoms with van der Waals surface area (Å²) in [5.74, 6) is 0.634. The van der Waals surface area contributed by atoms with Crippen molar-refractivity contribution in [2.24, 2.45) is 0 Å². The van der Waals surface area contributed by atoms with E-state index in [1.807, 2.05) is 25.1 Å². The van der Waals surface area contributed by atoms with E-state index in [-0.39, 0.29) is 11.6 Å². The van der Waals surface area contributed by atoms with Crippen LogP contribution < -0.4 is 15.0 Å². The van der Waals surface area contributed by atoms with Crippen LogP contribution in [0.2, 0.25) is 0 Å². The summed E-state index contributed by atoms with van der Waals surface area (Å²) in [6.07, 6.45) is 4.73. The Morgan fingerprint density at radius 1 is 1.18 bits per heavy atom. The highest BCUT2D eigenvalue weighted by Gasteiger charge is 2.40. The number of hydrogen-bond acceptors (Lipinski definition) is 7. The van der Waals surface area contributed by atoms with Gasteiger partial charge in [0, 0.05) is 25.9 Å². The van der Waals surface area contributed by atoms with Crippen LogP contribution in [-0.2, 0) is 9.47 Å². The number of rotatable bonds is 5. The molecule has 2 aliphatic heterocycles. The van der Waals surface area contributed by atoms with Gasteiger partial charge < -0.3 is 24.4 Å². The number of aromatic nitrogens is 2. The van der Waals surface area contributed by atoms with Crippen molar-refractivity contribution in [3.05, 3.63) is 42.4 Å². The Morgan fingerprint density at radius 2 is 1.93 bits per heavy atom. The molecule has 0 unspecified atom stereocenters. The van der Waals surface area contributed by atoms with Gasteiger partial charge in [-0.15, -0.1) is 0 Å². The standard InChI is InChI=1S/C20H24N4O4/c1-2-26-17-6-4-3-5-15(17)23-19(25)16-13-22-18(14-21-16)24-9-7-20(8-10-24)27-11-12-28-20/h3-6,13-14H,2,7-12H2,1H3,(H,23,25). The number of ether oxygens (including phenoxy) is 3. The second kappa shape index (κ2) is 8.12. The molecule has 1 spiro atoms. The van der Waals surface area contributed by atoms with Crippen LogP contribution in [-0.4, -0.2) is 54.6 Å². The van der Waals surface area contributed by atoms with Gasteiger partial charge in [0.25, 0.3) is 5.91 Å². The summed E-state index contributed by atoms with van der Waals surface area (Å²) in [5.41, 5.74) is 0.865. The fourth-order valence-corrected chi connectivity index (χ4v) is 3.50. The van der Waals surface area contributed by atoms with Crippen molar-refractivity contribution >= 4 is 17.4 Å². The molecule has 1 aromatic heterocycles. The van der Waals surface area contributed by atoms with Crippen molar-refractivity contribution in [2.45, 2.75) is 25.6 Å². The van der Waals surface area contributed by atoms with Gasteiger partial charge in [0.15, 0.2) is 5.79 Å². The van der Waals surface area contributed by atoms with Crippen LogP contribution >= 0.6 is 0 Å². The Labute approximate surface area is 163 Å². The first-order valence-corrected chi connectivity index (χ1v) is 9.57. The van der Waals surface area contributed by atoms with Gasteiger partial charge in [-0.2, -0.15) is 0 Å². The predicted octanol–water partition coefficient (Wildman–Crippen LogP) is 2.47. The van der Waals surface area contributed by atoms with Gasteiger partial charge in [0.1, 0.15) is 17.3 Å². The number of anilines is 2. The van der Waals surface area contributed by atoms with Crippen LogP contribution in [0, 0.1) is 0 Å². The lowest BCUT2D eigenvalue weighted by molar-refractivity contribution is -0.169. The van der Waals surface area contributed by atoms with Crippen LogP contribution in [0.3, 0.4) is 0 Å². The van der Waals surface area contributed by atoms with Crippen molar-refractivity contribution in [1.29, 1.82) is 0 Å². The lowest BCUT2D eigenvalue weighted by Crippen LogP contribution is -2.45. The van der Waals surface area contributed by atoms with Gasteiger partial charge in [-0.3, -0.25) is 4.79 Å². The van der Waals surface area contributed by atoms with E-state index in [1.54, 1.807) is 12.3 Å². The number of carbonyl (C=O) groups excluding carboxylic acids is 1. The van der Waals surface area contributed by atoms with E-state index in [0.717, 1.165) is 31.7 Å². The Kier molecular flexibility index (Phi) is 5.40. The minimum atomic E-state index is -0.419. The molecular formula is C20H24N4O4. The molecule has 148 valence electrons. The monoisotopic (exact) mass is 384 g/mol. The topological polar surface area (TPSA) is 85.8 Å². The number of amides is 1. The Bertz CT molecular complexity index is 811. The summed E-state index contributed by atoms with van der Waals surface area (Å²) in [6.45, 7) is 5.31. The van der Waals surface area contributed by atoms with E-state index in [4.69, 9.17) is 14.2 Å². The normalized spacial score (nSPS) is 18.2. The lowest BCUT2D eigenvalue weighted by atomic mass is 10.0. The zero-order valence-electron chi connectivity index (χ0n) is 15.9. The molecule has 0 atom stereocenters. The van der Waals surface area contributed by atoms with Crippen LogP contribution in [0.5, 0.6) is 5.75 Å². The van der Waals surface area contributed by atoms with E-state index in [9.17, 15) is 4.79 Å². The Morgan fingerprint density at radius 3 is 2.61 bits per heavy atom. The number of para-hydroxylation sites is 2. The molecule has 3 heterocycles. The zero-order valence-corrected chi connectivity index (χ0v) is 15.9. The highest BCUT2D eigenvalue weighted by atomic mass is 16.7. The van der Waals surface area contributed by atoms with Crippen molar-refractivity contribution in [1.82, 2.24) is 9.97 Å². The summed E-state index contributed by atoms with van der Waals surface area (Å²) in [5, 5.41) is 2.83. The third-order valence-corrected chi connectivity index (χ3v) is 4.97. The van der Waals surface area contributed by atoms with Gasteiger partial charge in [-0.1, -0.05) is 12.1 Å². The van der Waals surface area contributed by atoms with E-state index >= 15 is 0 Å². The Hall–Kier alpha value is -2.71. The smallest absolute Gasteiger partial charge is 0.275 e. The van der Waals surface area contributed by atoms with Crippen LogP contribution in [0.4, 0.5) is 11.5 Å². The number of carbonyl (C=O) groups is 1. The SMILES string of the molecule is CCOc1ccccc1NC(=O)c1cnc(N2CCC3(CC2)OCCO3)cn1. The number of nitrogens with one attached hydrogen (secondary N) is 1. The molecule has 0 radical (unpaired) electrons. The molecule has 0 bridgehead atoms. The van der Waals surface area contributed by atoms with Gasteiger partial charge in [0.05, 0.1) is 37.9 Å². The highest BCUT2D eigenvalue weighted by Crippen LogP contribution is 2.32. The molecule has 1 amide bonds. The van der Waals surface area contributed by atoms with Crippen molar-refractivity contribution in [3.63, 3.8) is 0 Å². The number of nitrogens with zero attached hydrogens (tertiary/aromatic N) is 3. The van der Waals surface area contributed by atoms with Crippen molar-refractivity contribution < 1.29 is 19.0 Å². The predicted molar refractivity (Wildman–Crippen MR) is 104 cm³/mol. The fraction of sp³-hybridized carbons (Fsp3) is 0.450. The first-order valence-electron chi connectivity index (χ1n) is 9.57. The summed E-state index contributed by atoms with van der Waals surface area (Å²) in [6, 6.07) is 7.31. The summed E-state index contributed by atoms with van der Waals surface area (Å²) in [4.78, 5) is 23.4. The maximum Gasteiger partial charge on any atom is 0.275 e. The quantitative estimate of drug-likeness (QED) is 0.847. The van der Waals surface area contributed by atoms with Gasteiger partial charge >= 0.3 is 0 Å². The van der Waals surface area contributed by atoms with Gasteiger partial charge in [0.2, 0.25) is 0 Å². The molecule has 2 fully saturated rings. The lowest BCUT2D eigenvalue weighted by Gasteiger charge is -2.37. The van der Waals surface area contributed by atoms with E-state index in [1.165, 1.54) is 6.20 Å². The van der Waals surface area contributed by atoms with E-state index in [0.29, 0.717) is 31.3 Å². The molecule has 1 aromatic carbocycles. The third-order valence-electron chi connectivity index (χ3n) is 4.97. The minimum absolute atomic E-state index is 0.256. The maximum absolute atomic E-state index is 12.5. The summed E-state index contributed by atoms with van der Waals surface area (Å²) in [7, 11) is 0. The number of hydrogen-bond donors (Lipinski definition) is 1. The van der Waals surface area contributed by atoms with Crippen LogP contribution in [0.1, 0.15) is 30.3 Å². The van der Waals surface area contributed by atoms with Crippen LogP contribution in [0.15, 0.2) is 36.7 Å². The van der Waals surface area contributed by atoms with Crippen molar-refractivity contribution in [2.75, 3.05) is 43.1 Å². The maximum atomic E-state index is 12.5. The summed E-state index contributed by atoms with van der Waals surface area (Å²) < 4.78 is 17.0. The molecule has 2 saturated heterocycles. The number of benzene rings is 1. The Balaban J connectivity index is 1.39. The first kappa shape index (κ1) is 18.6. The first-order chi connectivity index (χ1) is 13.7. The molecule has 8 heteroatoms. The molecule has 0 saturated carbocycles. The second-order valence-corrected chi connectivity index (χ2v) is 6.74. The average molecular weight is 384 g/mol. The average Bonchev–Trinajstić information content (AvgIpc) is 3.18. The van der Waals surface area contributed by atoms with Crippen molar-refractivity contribution in [3.8, 4) is 5.75 Å². The van der Waals surface area contributed by atoms with Gasteiger partial charge in [-0.25, -0.2) is 9.97 Å². The third kappa shape index (κ3) is 3.93.